The molecule has 1 amide bonds. The molecule has 9 heteroatoms. The molecule has 2 heterocycles. The zero-order valence-electron chi connectivity index (χ0n) is 22.7. The van der Waals surface area contributed by atoms with Gasteiger partial charge in [-0.15, -0.1) is 0 Å². The molecule has 0 unspecified atom stereocenters. The van der Waals surface area contributed by atoms with Crippen molar-refractivity contribution in [2.75, 3.05) is 38.4 Å². The van der Waals surface area contributed by atoms with Crippen molar-refractivity contribution in [3.05, 3.63) is 95.1 Å². The third kappa shape index (κ3) is 5.70. The van der Waals surface area contributed by atoms with Gasteiger partial charge in [0.15, 0.2) is 5.17 Å². The summed E-state index contributed by atoms with van der Waals surface area (Å²) in [6, 6.07) is 22.0. The van der Waals surface area contributed by atoms with E-state index >= 15 is 0 Å². The van der Waals surface area contributed by atoms with Crippen molar-refractivity contribution in [3.8, 4) is 11.5 Å². The maximum Gasteiger partial charge on any atom is 0.338 e. The summed E-state index contributed by atoms with van der Waals surface area (Å²) in [7, 11) is 3.08. The number of fused-ring (bicyclic) bond motifs is 1. The molecule has 1 fully saturated rings. The number of methoxy groups -OCH3 is 2. The average Bonchev–Trinajstić information content (AvgIpc) is 3.00. The minimum Gasteiger partial charge on any atom is -0.497 e. The van der Waals surface area contributed by atoms with Crippen LogP contribution < -0.4 is 14.8 Å². The lowest BCUT2D eigenvalue weighted by atomic mass is 9.91. The van der Waals surface area contributed by atoms with Gasteiger partial charge in [-0.1, -0.05) is 54.2 Å². The standard InChI is InChI=1S/C31H31N3O5S/c1-4-39-30(36)26-27(20-9-6-5-7-10-20)33-31-34(15-8-16-40-31)28(26)21-11-13-23(14-12-21)32-29(35)22-17-24(37-2)19-25(18-22)38-3/h5-7,9-14,17-19,28H,4,8,15-16H2,1-3H3,(H,32,35)/t28-/m0/s1. The highest BCUT2D eigenvalue weighted by atomic mass is 32.2. The maximum atomic E-state index is 13.5. The number of esters is 1. The van der Waals surface area contributed by atoms with Gasteiger partial charge in [-0.25, -0.2) is 9.79 Å². The number of nitrogens with zero attached hydrogens (tertiary/aromatic N) is 2. The quantitative estimate of drug-likeness (QED) is 0.351. The van der Waals surface area contributed by atoms with Crippen LogP contribution in [0.2, 0.25) is 0 Å². The fraction of sp³-hybridized carbons (Fsp3) is 0.258. The van der Waals surface area contributed by atoms with E-state index in [2.05, 4.69) is 10.2 Å². The molecule has 3 aromatic carbocycles. The van der Waals surface area contributed by atoms with Gasteiger partial charge in [-0.2, -0.15) is 0 Å². The number of carbonyl (C=O) groups is 2. The smallest absolute Gasteiger partial charge is 0.338 e. The molecule has 1 N–H and O–H groups in total. The Morgan fingerprint density at radius 1 is 1.00 bits per heavy atom. The van der Waals surface area contributed by atoms with E-state index in [1.807, 2.05) is 54.6 Å². The third-order valence-corrected chi connectivity index (χ3v) is 7.79. The first kappa shape index (κ1) is 27.3. The molecule has 3 aromatic rings. The van der Waals surface area contributed by atoms with Crippen molar-refractivity contribution in [1.82, 2.24) is 4.90 Å². The molecule has 206 valence electrons. The molecule has 5 rings (SSSR count). The van der Waals surface area contributed by atoms with E-state index in [9.17, 15) is 9.59 Å². The minimum atomic E-state index is -0.380. The van der Waals surface area contributed by atoms with Crippen molar-refractivity contribution in [2.24, 2.45) is 4.99 Å². The van der Waals surface area contributed by atoms with Crippen LogP contribution >= 0.6 is 11.8 Å². The summed E-state index contributed by atoms with van der Waals surface area (Å²) < 4.78 is 16.1. The normalized spacial score (nSPS) is 16.5. The van der Waals surface area contributed by atoms with Crippen molar-refractivity contribution >= 4 is 40.2 Å². The Morgan fingerprint density at radius 3 is 2.35 bits per heavy atom. The second kappa shape index (κ2) is 12.3. The maximum absolute atomic E-state index is 13.5. The van der Waals surface area contributed by atoms with Crippen molar-refractivity contribution in [3.63, 3.8) is 0 Å². The lowest BCUT2D eigenvalue weighted by Crippen LogP contribution is -2.42. The number of rotatable bonds is 8. The molecule has 0 aliphatic carbocycles. The zero-order chi connectivity index (χ0) is 28.1. The van der Waals surface area contributed by atoms with Gasteiger partial charge in [0.1, 0.15) is 11.5 Å². The number of hydrogen-bond donors (Lipinski definition) is 1. The number of amidine groups is 1. The number of carbonyl (C=O) groups excluding carboxylic acids is 2. The number of hydrogen-bond acceptors (Lipinski definition) is 8. The number of aliphatic imine (C=N–C) groups is 1. The monoisotopic (exact) mass is 557 g/mol. The number of nitrogens with one attached hydrogen (secondary N) is 1. The predicted octanol–water partition coefficient (Wildman–Crippen LogP) is 5.78. The highest BCUT2D eigenvalue weighted by Gasteiger charge is 2.39. The van der Waals surface area contributed by atoms with E-state index in [1.165, 1.54) is 0 Å². The fourth-order valence-corrected chi connectivity index (χ4v) is 5.80. The zero-order valence-corrected chi connectivity index (χ0v) is 23.5. The lowest BCUT2D eigenvalue weighted by Gasteiger charge is -2.41. The summed E-state index contributed by atoms with van der Waals surface area (Å²) in [6.07, 6.45) is 0.981. The molecule has 8 nitrogen and oxygen atoms in total. The molecule has 2 aliphatic heterocycles. The van der Waals surface area contributed by atoms with Gasteiger partial charge >= 0.3 is 5.97 Å². The van der Waals surface area contributed by atoms with Crippen LogP contribution in [-0.4, -0.2) is 55.1 Å². The van der Waals surface area contributed by atoms with Gasteiger partial charge in [-0.05, 0) is 43.2 Å². The first-order valence-electron chi connectivity index (χ1n) is 13.1. The van der Waals surface area contributed by atoms with E-state index in [0.29, 0.717) is 34.0 Å². The number of anilines is 1. The highest BCUT2D eigenvalue weighted by molar-refractivity contribution is 8.13. The first-order valence-corrected chi connectivity index (χ1v) is 14.1. The van der Waals surface area contributed by atoms with Crippen LogP contribution in [0, 0.1) is 0 Å². The summed E-state index contributed by atoms with van der Waals surface area (Å²) in [5.41, 5.74) is 3.96. The summed E-state index contributed by atoms with van der Waals surface area (Å²) in [6.45, 7) is 2.85. The number of amides is 1. The van der Waals surface area contributed by atoms with Gasteiger partial charge in [0.25, 0.3) is 5.91 Å². The Kier molecular flexibility index (Phi) is 8.40. The Bertz CT molecular complexity index is 1430. The molecule has 0 bridgehead atoms. The molecule has 0 aromatic heterocycles. The third-order valence-electron chi connectivity index (χ3n) is 6.71. The number of thioether (sulfide) groups is 1. The highest BCUT2D eigenvalue weighted by Crippen LogP contribution is 2.43. The Labute approximate surface area is 238 Å². The second-order valence-electron chi connectivity index (χ2n) is 9.22. The summed E-state index contributed by atoms with van der Waals surface area (Å²) >= 11 is 1.70. The van der Waals surface area contributed by atoms with E-state index < -0.39 is 0 Å². The van der Waals surface area contributed by atoms with Gasteiger partial charge in [0, 0.05) is 35.2 Å². The summed E-state index contributed by atoms with van der Waals surface area (Å²) in [5.74, 6) is 1.36. The minimum absolute atomic E-state index is 0.266. The Morgan fingerprint density at radius 2 is 1.70 bits per heavy atom. The average molecular weight is 558 g/mol. The molecule has 40 heavy (non-hydrogen) atoms. The predicted molar refractivity (Wildman–Crippen MR) is 158 cm³/mol. The van der Waals surface area contributed by atoms with Crippen molar-refractivity contribution < 1.29 is 23.8 Å². The number of ether oxygens (including phenoxy) is 3. The van der Waals surface area contributed by atoms with Crippen LogP contribution in [0.15, 0.2) is 83.4 Å². The number of benzene rings is 3. The summed E-state index contributed by atoms with van der Waals surface area (Å²) in [5, 5.41) is 3.84. The molecule has 1 atom stereocenters. The Balaban J connectivity index is 1.50. The summed E-state index contributed by atoms with van der Waals surface area (Å²) in [4.78, 5) is 33.6. The van der Waals surface area contributed by atoms with Crippen LogP contribution in [0.25, 0.3) is 5.70 Å². The van der Waals surface area contributed by atoms with Crippen LogP contribution in [0.5, 0.6) is 11.5 Å². The molecular formula is C31H31N3O5S. The SMILES string of the molecule is CCOC(=O)C1=C(c2ccccc2)N=C2SCCCN2[C@H]1c1ccc(NC(=O)c2cc(OC)cc(OC)c2)cc1. The first-order chi connectivity index (χ1) is 19.5. The van der Waals surface area contributed by atoms with E-state index in [-0.39, 0.29) is 24.5 Å². The van der Waals surface area contributed by atoms with Crippen molar-refractivity contribution in [2.45, 2.75) is 19.4 Å². The Hall–Kier alpha value is -4.24. The van der Waals surface area contributed by atoms with E-state index in [4.69, 9.17) is 19.2 Å². The van der Waals surface area contributed by atoms with E-state index in [1.54, 1.807) is 51.1 Å². The second-order valence-corrected chi connectivity index (χ2v) is 10.3. The molecule has 2 aliphatic rings. The molecule has 0 spiro atoms. The molecule has 0 radical (unpaired) electrons. The molecular weight excluding hydrogens is 526 g/mol. The van der Waals surface area contributed by atoms with Crippen molar-refractivity contribution in [1.29, 1.82) is 0 Å². The van der Waals surface area contributed by atoms with E-state index in [0.717, 1.165) is 35.0 Å². The van der Waals surface area contributed by atoms with Gasteiger partial charge in [0.05, 0.1) is 38.1 Å². The van der Waals surface area contributed by atoms with Gasteiger partial charge < -0.3 is 24.4 Å². The fourth-order valence-electron chi connectivity index (χ4n) is 4.82. The van der Waals surface area contributed by atoms with Crippen LogP contribution in [0.4, 0.5) is 5.69 Å². The molecule has 1 saturated heterocycles. The lowest BCUT2D eigenvalue weighted by molar-refractivity contribution is -0.139. The van der Waals surface area contributed by atoms with Gasteiger partial charge in [-0.3, -0.25) is 4.79 Å². The topological polar surface area (TPSA) is 89.5 Å². The van der Waals surface area contributed by atoms with Crippen LogP contribution in [-0.2, 0) is 9.53 Å². The molecule has 0 saturated carbocycles. The van der Waals surface area contributed by atoms with Crippen LogP contribution in [0.3, 0.4) is 0 Å². The largest absolute Gasteiger partial charge is 0.497 e. The van der Waals surface area contributed by atoms with Crippen LogP contribution in [0.1, 0.15) is 40.9 Å². The van der Waals surface area contributed by atoms with Gasteiger partial charge in [0.2, 0.25) is 0 Å².